The monoisotopic (exact) mass is 286 g/mol. The van der Waals surface area contributed by atoms with Crippen LogP contribution in [0.15, 0.2) is 22.7 Å². The molecule has 0 radical (unpaired) electrons. The van der Waals surface area contributed by atoms with E-state index in [4.69, 9.17) is 4.74 Å². The molecule has 0 aromatic heterocycles. The van der Waals surface area contributed by atoms with Crippen LogP contribution < -0.4 is 4.74 Å². The topological polar surface area (TPSA) is 29.5 Å². The maximum atomic E-state index is 10.1. The van der Waals surface area contributed by atoms with E-state index in [1.54, 1.807) is 0 Å². The zero-order chi connectivity index (χ0) is 12.1. The molecule has 0 aliphatic rings. The van der Waals surface area contributed by atoms with Crippen LogP contribution in [-0.4, -0.2) is 11.7 Å². The third kappa shape index (κ3) is 3.80. The number of aliphatic hydroxyl groups is 1. The summed E-state index contributed by atoms with van der Waals surface area (Å²) in [5.41, 5.74) is 0.866. The SMILES string of the molecule is CCOc1ccc(Br)cc1C(O)CC(C)C. The Bertz CT molecular complexity index is 337. The van der Waals surface area contributed by atoms with Crippen molar-refractivity contribution in [3.05, 3.63) is 28.2 Å². The summed E-state index contributed by atoms with van der Waals surface area (Å²) >= 11 is 3.42. The normalized spacial score (nSPS) is 12.9. The van der Waals surface area contributed by atoms with Crippen molar-refractivity contribution < 1.29 is 9.84 Å². The van der Waals surface area contributed by atoms with Gasteiger partial charge in [-0.2, -0.15) is 0 Å². The minimum absolute atomic E-state index is 0.459. The molecule has 90 valence electrons. The molecule has 1 atom stereocenters. The summed E-state index contributed by atoms with van der Waals surface area (Å²) in [4.78, 5) is 0. The molecule has 2 nitrogen and oxygen atoms in total. The molecule has 1 aromatic rings. The van der Waals surface area contributed by atoms with E-state index < -0.39 is 6.10 Å². The third-order valence-corrected chi connectivity index (χ3v) is 2.82. The summed E-state index contributed by atoms with van der Waals surface area (Å²) in [6, 6.07) is 5.75. The first-order valence-corrected chi connectivity index (χ1v) is 6.44. The molecule has 3 heteroatoms. The highest BCUT2D eigenvalue weighted by Gasteiger charge is 2.15. The molecule has 0 spiro atoms. The van der Waals surface area contributed by atoms with Gasteiger partial charge in [-0.1, -0.05) is 29.8 Å². The Balaban J connectivity index is 2.94. The molecule has 0 fully saturated rings. The highest BCUT2D eigenvalue weighted by molar-refractivity contribution is 9.10. The van der Waals surface area contributed by atoms with Crippen molar-refractivity contribution in [2.75, 3.05) is 6.61 Å². The van der Waals surface area contributed by atoms with E-state index in [2.05, 4.69) is 29.8 Å². The van der Waals surface area contributed by atoms with Gasteiger partial charge in [0.1, 0.15) is 5.75 Å². The van der Waals surface area contributed by atoms with Crippen LogP contribution in [0.4, 0.5) is 0 Å². The van der Waals surface area contributed by atoms with Crippen molar-refractivity contribution >= 4 is 15.9 Å². The number of ether oxygens (including phenoxy) is 1. The van der Waals surface area contributed by atoms with Gasteiger partial charge in [0.25, 0.3) is 0 Å². The summed E-state index contributed by atoms with van der Waals surface area (Å²) in [5, 5.41) is 10.1. The highest BCUT2D eigenvalue weighted by Crippen LogP contribution is 2.31. The van der Waals surface area contributed by atoms with Crippen LogP contribution in [0.3, 0.4) is 0 Å². The Hall–Kier alpha value is -0.540. The summed E-state index contributed by atoms with van der Waals surface area (Å²) in [5.74, 6) is 1.24. The second kappa shape index (κ2) is 6.26. The van der Waals surface area contributed by atoms with E-state index in [1.165, 1.54) is 0 Å². The second-order valence-electron chi connectivity index (χ2n) is 4.26. The zero-order valence-corrected chi connectivity index (χ0v) is 11.6. The predicted octanol–water partition coefficient (Wildman–Crippen LogP) is 3.93. The predicted molar refractivity (Wildman–Crippen MR) is 69.7 cm³/mol. The fraction of sp³-hybridized carbons (Fsp3) is 0.538. The van der Waals surface area contributed by atoms with E-state index in [-0.39, 0.29) is 0 Å². The van der Waals surface area contributed by atoms with Crippen LogP contribution in [0.5, 0.6) is 5.75 Å². The Morgan fingerprint density at radius 3 is 2.62 bits per heavy atom. The average molecular weight is 287 g/mol. The third-order valence-electron chi connectivity index (χ3n) is 2.33. The summed E-state index contributed by atoms with van der Waals surface area (Å²) in [6.07, 6.45) is 0.287. The molecular weight excluding hydrogens is 268 g/mol. The summed E-state index contributed by atoms with van der Waals surface area (Å²) in [6.45, 7) is 6.76. The van der Waals surface area contributed by atoms with Gasteiger partial charge < -0.3 is 9.84 Å². The number of hydrogen-bond acceptors (Lipinski definition) is 2. The maximum Gasteiger partial charge on any atom is 0.125 e. The second-order valence-corrected chi connectivity index (χ2v) is 5.18. The van der Waals surface area contributed by atoms with Crippen molar-refractivity contribution in [2.24, 2.45) is 5.92 Å². The van der Waals surface area contributed by atoms with Crippen LogP contribution in [0, 0.1) is 5.92 Å². The van der Waals surface area contributed by atoms with Crippen LogP contribution in [-0.2, 0) is 0 Å². The van der Waals surface area contributed by atoms with Gasteiger partial charge >= 0.3 is 0 Å². The molecule has 0 aliphatic heterocycles. The van der Waals surface area contributed by atoms with E-state index in [1.807, 2.05) is 25.1 Å². The average Bonchev–Trinajstić information content (AvgIpc) is 2.20. The Morgan fingerprint density at radius 1 is 1.38 bits per heavy atom. The van der Waals surface area contributed by atoms with Gasteiger partial charge in [-0.05, 0) is 37.5 Å². The number of halogens is 1. The van der Waals surface area contributed by atoms with Gasteiger partial charge in [0.05, 0.1) is 12.7 Å². The van der Waals surface area contributed by atoms with Crippen molar-refractivity contribution in [2.45, 2.75) is 33.3 Å². The van der Waals surface area contributed by atoms with Crippen LogP contribution >= 0.6 is 15.9 Å². The van der Waals surface area contributed by atoms with Gasteiger partial charge in [0, 0.05) is 10.0 Å². The van der Waals surface area contributed by atoms with Gasteiger partial charge in [-0.15, -0.1) is 0 Å². The van der Waals surface area contributed by atoms with Crippen molar-refractivity contribution in [1.82, 2.24) is 0 Å². The van der Waals surface area contributed by atoms with Gasteiger partial charge in [-0.3, -0.25) is 0 Å². The molecule has 0 saturated heterocycles. The molecule has 0 heterocycles. The molecule has 0 bridgehead atoms. The van der Waals surface area contributed by atoms with Gasteiger partial charge in [-0.25, -0.2) is 0 Å². The maximum absolute atomic E-state index is 10.1. The number of rotatable bonds is 5. The molecule has 1 N–H and O–H groups in total. The van der Waals surface area contributed by atoms with Gasteiger partial charge in [0.2, 0.25) is 0 Å². The molecule has 0 amide bonds. The lowest BCUT2D eigenvalue weighted by molar-refractivity contribution is 0.146. The van der Waals surface area contributed by atoms with Crippen LogP contribution in [0.25, 0.3) is 0 Å². The molecular formula is C13H19BrO2. The lowest BCUT2D eigenvalue weighted by Gasteiger charge is -2.17. The molecule has 1 rings (SSSR count). The largest absolute Gasteiger partial charge is 0.493 e. The Morgan fingerprint density at radius 2 is 2.06 bits per heavy atom. The van der Waals surface area contributed by atoms with Crippen LogP contribution in [0.1, 0.15) is 38.9 Å². The molecule has 16 heavy (non-hydrogen) atoms. The van der Waals surface area contributed by atoms with E-state index in [0.717, 1.165) is 22.2 Å². The lowest BCUT2D eigenvalue weighted by Crippen LogP contribution is -2.05. The Labute approximate surface area is 106 Å². The fourth-order valence-corrected chi connectivity index (χ4v) is 2.02. The molecule has 0 aliphatic carbocycles. The quantitative estimate of drug-likeness (QED) is 0.889. The number of aliphatic hydroxyl groups excluding tert-OH is 1. The first-order chi connectivity index (χ1) is 7.54. The number of benzene rings is 1. The first-order valence-electron chi connectivity index (χ1n) is 5.64. The smallest absolute Gasteiger partial charge is 0.125 e. The van der Waals surface area contributed by atoms with Crippen molar-refractivity contribution in [3.8, 4) is 5.75 Å². The summed E-state index contributed by atoms with van der Waals surface area (Å²) < 4.78 is 6.48. The minimum Gasteiger partial charge on any atom is -0.493 e. The lowest BCUT2D eigenvalue weighted by atomic mass is 9.99. The standard InChI is InChI=1S/C13H19BrO2/c1-4-16-13-6-5-10(14)8-11(13)12(15)7-9(2)3/h5-6,8-9,12,15H,4,7H2,1-3H3. The fourth-order valence-electron chi connectivity index (χ4n) is 1.64. The van der Waals surface area contributed by atoms with Gasteiger partial charge in [0.15, 0.2) is 0 Å². The molecule has 1 aromatic carbocycles. The first kappa shape index (κ1) is 13.5. The number of hydrogen-bond donors (Lipinski definition) is 1. The Kier molecular flexibility index (Phi) is 5.29. The van der Waals surface area contributed by atoms with E-state index in [0.29, 0.717) is 12.5 Å². The molecule has 0 saturated carbocycles. The zero-order valence-electron chi connectivity index (χ0n) is 10.0. The minimum atomic E-state index is -0.459. The van der Waals surface area contributed by atoms with Crippen molar-refractivity contribution in [1.29, 1.82) is 0 Å². The highest BCUT2D eigenvalue weighted by atomic mass is 79.9. The van der Waals surface area contributed by atoms with E-state index >= 15 is 0 Å². The summed E-state index contributed by atoms with van der Waals surface area (Å²) in [7, 11) is 0. The van der Waals surface area contributed by atoms with E-state index in [9.17, 15) is 5.11 Å². The van der Waals surface area contributed by atoms with Crippen molar-refractivity contribution in [3.63, 3.8) is 0 Å². The van der Waals surface area contributed by atoms with Crippen LogP contribution in [0.2, 0.25) is 0 Å². The molecule has 1 unspecified atom stereocenters.